The van der Waals surface area contributed by atoms with E-state index in [1.165, 1.54) is 0 Å². The van der Waals surface area contributed by atoms with Crippen molar-refractivity contribution in [2.45, 2.75) is 0 Å². The van der Waals surface area contributed by atoms with Crippen LogP contribution >= 0.6 is 11.3 Å². The van der Waals surface area contributed by atoms with Crippen molar-refractivity contribution in [3.8, 4) is 39.9 Å². The summed E-state index contributed by atoms with van der Waals surface area (Å²) in [6, 6.07) is 81.7. The summed E-state index contributed by atoms with van der Waals surface area (Å²) in [6.07, 6.45) is 3.90. The van der Waals surface area contributed by atoms with Crippen LogP contribution in [-0.4, -0.2) is 23.3 Å². The largest absolute Gasteiger partial charge is 0.306 e. The maximum atomic E-state index is 12.8. The summed E-state index contributed by atoms with van der Waals surface area (Å²) in [6.45, 7) is 0. The molecular weight excluding hydrogens is 909 g/mol. The lowest BCUT2D eigenvalue weighted by Crippen LogP contribution is -2.16. The summed E-state index contributed by atoms with van der Waals surface area (Å²) < 4.78 is 12.0. The number of pyridine rings is 1. The van der Waals surface area contributed by atoms with Crippen molar-refractivity contribution in [2.75, 3.05) is 0 Å². The minimum Gasteiger partial charge on any atom is -0.306 e. The van der Waals surface area contributed by atoms with Gasteiger partial charge in [0.15, 0.2) is 0 Å². The Balaban J connectivity index is 1.29. The molecule has 6 heterocycles. The Kier molecular flexibility index (Phi) is 8.30. The van der Waals surface area contributed by atoms with E-state index >= 15 is 0 Å². The predicted octanol–water partition coefficient (Wildman–Crippen LogP) is 17.4. The Morgan fingerprint density at radius 1 is 0.329 bits per heavy atom. The molecule has 0 amide bonds. The average Bonchev–Trinajstić information content (AvgIpc) is 4.26. The normalized spacial score (nSPS) is 12.1. The summed E-state index contributed by atoms with van der Waals surface area (Å²) in [5, 5.41) is 24.1. The Bertz CT molecular complexity index is 4600. The molecule has 73 heavy (non-hydrogen) atoms. The number of rotatable bonds is 5. The van der Waals surface area contributed by atoms with Crippen LogP contribution in [-0.2, 0) is 0 Å². The number of thiophene rings is 1. The van der Waals surface area contributed by atoms with Crippen molar-refractivity contribution >= 4 is 119 Å². The van der Waals surface area contributed by atoms with Crippen molar-refractivity contribution in [3.05, 3.63) is 236 Å². The first-order valence-corrected chi connectivity index (χ1v) is 25.4. The zero-order valence-corrected chi connectivity index (χ0v) is 39.8. The Morgan fingerprint density at radius 2 is 0.644 bits per heavy atom. The van der Waals surface area contributed by atoms with Crippen LogP contribution in [0.2, 0.25) is 0 Å². The predicted molar refractivity (Wildman–Crippen MR) is 305 cm³/mol. The van der Waals surface area contributed by atoms with Crippen LogP contribution in [0.1, 0.15) is 5.56 Å². The Morgan fingerprint density at radius 3 is 0.986 bits per heavy atom. The number of para-hydroxylation sites is 8. The quantitative estimate of drug-likeness (QED) is 0.173. The zero-order chi connectivity index (χ0) is 47.9. The minimum absolute atomic E-state index is 0.545. The molecule has 0 aliphatic heterocycles. The fourth-order valence-corrected chi connectivity index (χ4v) is 13.6. The fourth-order valence-electron chi connectivity index (χ4n) is 12.4. The lowest BCUT2D eigenvalue weighted by Gasteiger charge is -2.29. The SMILES string of the molecule is N#Cc1c(-n2c3ccccc3c3ccccc32)c(-n2c3ccccc3c3ccccc32)c(-c2cccc3c2sc2cnccc23)c(-n2c3ccccc3c3ccccc32)c1-n1c2ccccc2c2ccccc21. The molecule has 0 fully saturated rings. The van der Waals surface area contributed by atoms with E-state index in [1.807, 2.05) is 12.4 Å². The number of nitrogens with zero attached hydrogens (tertiary/aromatic N) is 6. The molecule has 6 nitrogen and oxygen atoms in total. The monoisotopic (exact) mass is 946 g/mol. The molecule has 0 aliphatic rings. The molecule has 0 unspecified atom stereocenters. The van der Waals surface area contributed by atoms with E-state index in [2.05, 4.69) is 248 Å². The van der Waals surface area contributed by atoms with Gasteiger partial charge in [-0.05, 0) is 54.6 Å². The van der Waals surface area contributed by atoms with Crippen LogP contribution in [0.25, 0.3) is 141 Å². The molecule has 0 saturated heterocycles. The van der Waals surface area contributed by atoms with Crippen LogP contribution in [0.5, 0.6) is 0 Å². The number of fused-ring (bicyclic) bond motifs is 15. The zero-order valence-electron chi connectivity index (χ0n) is 39.0. The third-order valence-corrected chi connectivity index (χ3v) is 16.5. The second-order valence-electron chi connectivity index (χ2n) is 18.9. The van der Waals surface area contributed by atoms with Crippen LogP contribution < -0.4 is 0 Å². The molecular formula is C66H38N6S. The molecule has 16 aromatic rings. The fraction of sp³-hybridized carbons (Fsp3) is 0. The summed E-state index contributed by atoms with van der Waals surface area (Å²) in [5.41, 5.74) is 14.2. The Hall–Kier alpha value is -9.74. The van der Waals surface area contributed by atoms with E-state index in [0.717, 1.165) is 141 Å². The highest BCUT2D eigenvalue weighted by atomic mass is 32.1. The minimum atomic E-state index is 0.545. The van der Waals surface area contributed by atoms with Crippen molar-refractivity contribution < 1.29 is 0 Å². The van der Waals surface area contributed by atoms with E-state index in [4.69, 9.17) is 0 Å². The summed E-state index contributed by atoms with van der Waals surface area (Å²) in [7, 11) is 0. The lowest BCUT2D eigenvalue weighted by molar-refractivity contribution is 1.04. The molecule has 0 radical (unpaired) electrons. The van der Waals surface area contributed by atoms with Gasteiger partial charge in [-0.1, -0.05) is 164 Å². The van der Waals surface area contributed by atoms with E-state index < -0.39 is 0 Å². The molecule has 338 valence electrons. The molecule has 0 atom stereocenters. The van der Waals surface area contributed by atoms with Crippen LogP contribution in [0.4, 0.5) is 0 Å². The molecule has 0 N–H and O–H groups in total. The van der Waals surface area contributed by atoms with Gasteiger partial charge in [0.25, 0.3) is 0 Å². The highest BCUT2D eigenvalue weighted by Gasteiger charge is 2.35. The first-order chi connectivity index (χ1) is 36.3. The molecule has 6 aromatic heterocycles. The van der Waals surface area contributed by atoms with Crippen molar-refractivity contribution in [3.63, 3.8) is 0 Å². The van der Waals surface area contributed by atoms with Gasteiger partial charge in [-0.25, -0.2) is 0 Å². The number of hydrogen-bond donors (Lipinski definition) is 0. The van der Waals surface area contributed by atoms with Gasteiger partial charge in [-0.15, -0.1) is 11.3 Å². The standard InChI is InChI=1S/C66H38N6S/c67-38-51-62(69-52-28-9-1-18-40(52)41-19-2-10-29-53(41)69)64(71-56-32-13-5-22-44(56)45-23-6-14-33-57(45)71)61(50-27-17-26-49-48-36-37-68-39-60(48)73-66(49)50)65(72-58-34-15-7-24-46(58)47-25-8-16-35-59(47)72)63(51)70-54-30-11-3-20-42(54)43-21-4-12-31-55(43)70/h1-37,39H. The smallest absolute Gasteiger partial charge is 0.104 e. The third kappa shape index (κ3) is 5.37. The second kappa shape index (κ2) is 15.1. The van der Waals surface area contributed by atoms with Gasteiger partial charge >= 0.3 is 0 Å². The lowest BCUT2D eigenvalue weighted by atomic mass is 9.92. The van der Waals surface area contributed by atoms with Gasteiger partial charge in [0.2, 0.25) is 0 Å². The van der Waals surface area contributed by atoms with Gasteiger partial charge < -0.3 is 18.3 Å². The highest BCUT2D eigenvalue weighted by Crippen LogP contribution is 2.54. The maximum absolute atomic E-state index is 12.8. The molecule has 7 heteroatoms. The molecule has 0 spiro atoms. The number of nitriles is 1. The van der Waals surface area contributed by atoms with E-state index in [9.17, 15) is 5.26 Å². The van der Waals surface area contributed by atoms with Gasteiger partial charge in [0.05, 0.1) is 71.6 Å². The van der Waals surface area contributed by atoms with Gasteiger partial charge in [-0.2, -0.15) is 5.26 Å². The molecule has 10 aromatic carbocycles. The summed E-state index contributed by atoms with van der Waals surface area (Å²) in [5.74, 6) is 0. The molecule has 0 bridgehead atoms. The first-order valence-electron chi connectivity index (χ1n) is 24.6. The van der Waals surface area contributed by atoms with E-state index in [-0.39, 0.29) is 0 Å². The topological polar surface area (TPSA) is 56.4 Å². The third-order valence-electron chi connectivity index (χ3n) is 15.3. The molecule has 16 rings (SSSR count). The van der Waals surface area contributed by atoms with Crippen molar-refractivity contribution in [2.24, 2.45) is 0 Å². The van der Waals surface area contributed by atoms with Gasteiger partial charge in [-0.3, -0.25) is 4.98 Å². The molecule has 0 saturated carbocycles. The van der Waals surface area contributed by atoms with Crippen LogP contribution in [0.3, 0.4) is 0 Å². The second-order valence-corrected chi connectivity index (χ2v) is 19.9. The Labute approximate surface area is 421 Å². The maximum Gasteiger partial charge on any atom is 0.104 e. The first kappa shape index (κ1) is 40.0. The highest BCUT2D eigenvalue weighted by molar-refractivity contribution is 7.26. The molecule has 0 aliphatic carbocycles. The van der Waals surface area contributed by atoms with Crippen LogP contribution in [0, 0.1) is 11.3 Å². The number of benzene rings is 10. The van der Waals surface area contributed by atoms with Crippen molar-refractivity contribution in [1.29, 1.82) is 5.26 Å². The summed E-state index contributed by atoms with van der Waals surface area (Å²) >= 11 is 1.78. The number of hydrogen-bond acceptors (Lipinski definition) is 3. The van der Waals surface area contributed by atoms with Gasteiger partial charge in [0.1, 0.15) is 11.6 Å². The average molecular weight is 947 g/mol. The van der Waals surface area contributed by atoms with E-state index in [0.29, 0.717) is 5.56 Å². The van der Waals surface area contributed by atoms with Gasteiger partial charge in [0, 0.05) is 82.1 Å². The summed E-state index contributed by atoms with van der Waals surface area (Å²) in [4.78, 5) is 4.66. The van der Waals surface area contributed by atoms with E-state index in [1.54, 1.807) is 11.3 Å². The van der Waals surface area contributed by atoms with Crippen molar-refractivity contribution in [1.82, 2.24) is 23.3 Å². The van der Waals surface area contributed by atoms with Crippen LogP contribution in [0.15, 0.2) is 231 Å². The number of aromatic nitrogens is 5.